The van der Waals surface area contributed by atoms with E-state index < -0.39 is 17.4 Å². The van der Waals surface area contributed by atoms with Crippen molar-refractivity contribution < 1.29 is 62.0 Å². The number of ether oxygens (including phenoxy) is 3. The molecule has 1 aliphatic heterocycles. The molecule has 0 bridgehead atoms. The van der Waals surface area contributed by atoms with E-state index in [-0.39, 0.29) is 57.7 Å². The zero-order chi connectivity index (χ0) is 19.6. The Labute approximate surface area is 183 Å². The van der Waals surface area contributed by atoms with E-state index in [2.05, 4.69) is 14.7 Å². The minimum absolute atomic E-state index is 0. The van der Waals surface area contributed by atoms with Crippen LogP contribution in [0.15, 0.2) is 47.1 Å². The Bertz CT molecular complexity index is 921. The maximum Gasteiger partial charge on any atom is 1.00 e. The summed E-state index contributed by atoms with van der Waals surface area (Å²) in [6, 6.07) is 4.16. The van der Waals surface area contributed by atoms with Gasteiger partial charge in [0.25, 0.3) is 0 Å². The summed E-state index contributed by atoms with van der Waals surface area (Å²) in [5.74, 6) is 0.0672. The van der Waals surface area contributed by atoms with Crippen molar-refractivity contribution in [2.75, 3.05) is 20.0 Å². The molecule has 28 heavy (non-hydrogen) atoms. The van der Waals surface area contributed by atoms with Gasteiger partial charge in [0.2, 0.25) is 0 Å². The van der Waals surface area contributed by atoms with Crippen LogP contribution in [-0.2, 0) is 20.3 Å². The molecule has 0 amide bonds. The summed E-state index contributed by atoms with van der Waals surface area (Å²) >= 11 is 0. The molecular weight excluding hydrogens is 407 g/mol. The van der Waals surface area contributed by atoms with Crippen molar-refractivity contribution in [3.63, 3.8) is 0 Å². The topological polar surface area (TPSA) is 96.9 Å². The number of methoxy groups -OCH3 is 2. The maximum atomic E-state index is 12.7. The number of nitrogens with one attached hydrogen (secondary N) is 1. The summed E-state index contributed by atoms with van der Waals surface area (Å²) in [4.78, 5) is 7.01. The largest absolute Gasteiger partial charge is 1.00 e. The number of halogens is 2. The molecule has 1 unspecified atom stereocenters. The fraction of sp³-hybridized carbons (Fsp3) is 0.250. The number of aromatic amines is 1. The second-order valence-corrected chi connectivity index (χ2v) is 6.66. The average molecular weight is 423 g/mol. The standard InChI is InChI=1S/C16H16F2N3O5S.Na/c1-24-13-5-6-21(22)12(14(13)25-2)8-27(23)16-19-10-4-3-9(26-15(17)18)7-11(10)20-16;/h3-7,15,22H,8H2,1-2H3,(H,19,20);/q;+1. The molecule has 2 aromatic rings. The minimum atomic E-state index is -2.94. The smallest absolute Gasteiger partial charge is 0.496 e. The van der Waals surface area contributed by atoms with Gasteiger partial charge in [0, 0.05) is 19.4 Å². The summed E-state index contributed by atoms with van der Waals surface area (Å²) in [7, 11) is 1.15. The third kappa shape index (κ3) is 4.91. The Morgan fingerprint density at radius 2 is 2.07 bits per heavy atom. The second kappa shape index (κ2) is 9.81. The first-order chi connectivity index (χ1) is 12.9. The monoisotopic (exact) mass is 423 g/mol. The van der Waals surface area contributed by atoms with Crippen LogP contribution in [0, 0.1) is 6.10 Å². The summed E-state index contributed by atoms with van der Waals surface area (Å²) in [6.45, 7) is -2.94. The van der Waals surface area contributed by atoms with E-state index in [1.165, 1.54) is 44.7 Å². The normalized spacial score (nSPS) is 15.9. The number of hydrogen-bond donors (Lipinski definition) is 2. The SMILES string of the molecule is CO[C]1C=CN(O)C(CS(=O)c2nc3ccc(OC(F)F)cc3[nH]2)=C1OC.[Na+]. The van der Waals surface area contributed by atoms with Crippen LogP contribution in [0.4, 0.5) is 8.78 Å². The molecule has 2 N–H and O–H groups in total. The van der Waals surface area contributed by atoms with E-state index in [1.807, 2.05) is 0 Å². The van der Waals surface area contributed by atoms with Gasteiger partial charge in [-0.2, -0.15) is 8.78 Å². The van der Waals surface area contributed by atoms with Gasteiger partial charge in [-0.25, -0.2) is 10.0 Å². The van der Waals surface area contributed by atoms with Gasteiger partial charge in [-0.15, -0.1) is 0 Å². The molecule has 0 saturated heterocycles. The number of benzene rings is 1. The Morgan fingerprint density at radius 3 is 2.71 bits per heavy atom. The molecule has 1 atom stereocenters. The van der Waals surface area contributed by atoms with Crippen molar-refractivity contribution in [3.05, 3.63) is 48.0 Å². The van der Waals surface area contributed by atoms with Crippen LogP contribution in [0.5, 0.6) is 5.75 Å². The fourth-order valence-electron chi connectivity index (χ4n) is 2.50. The van der Waals surface area contributed by atoms with E-state index in [0.717, 1.165) is 5.06 Å². The fourth-order valence-corrected chi connectivity index (χ4v) is 3.58. The number of nitrogens with zero attached hydrogens (tertiary/aromatic N) is 2. The quantitative estimate of drug-likeness (QED) is 0.582. The Kier molecular flexibility index (Phi) is 7.98. The molecule has 1 aromatic carbocycles. The van der Waals surface area contributed by atoms with Crippen LogP contribution in [0.2, 0.25) is 0 Å². The van der Waals surface area contributed by atoms with Crippen molar-refractivity contribution in [1.82, 2.24) is 15.0 Å². The van der Waals surface area contributed by atoms with Crippen molar-refractivity contribution in [2.24, 2.45) is 0 Å². The predicted octanol–water partition coefficient (Wildman–Crippen LogP) is -0.469. The number of imidazole rings is 1. The number of hydroxylamine groups is 2. The van der Waals surface area contributed by atoms with Crippen LogP contribution in [0.25, 0.3) is 11.0 Å². The van der Waals surface area contributed by atoms with Gasteiger partial charge in [0.05, 0.1) is 34.7 Å². The molecule has 2 heterocycles. The number of aromatic nitrogens is 2. The van der Waals surface area contributed by atoms with Crippen molar-refractivity contribution in [3.8, 4) is 5.75 Å². The third-order valence-corrected chi connectivity index (χ3v) is 4.85. The van der Waals surface area contributed by atoms with E-state index in [1.54, 1.807) is 0 Å². The minimum Gasteiger partial charge on any atom is -0.496 e. The number of alkyl halides is 2. The van der Waals surface area contributed by atoms with Crippen molar-refractivity contribution >= 4 is 21.8 Å². The Morgan fingerprint density at radius 1 is 1.32 bits per heavy atom. The van der Waals surface area contributed by atoms with Gasteiger partial charge in [-0.3, -0.25) is 9.42 Å². The van der Waals surface area contributed by atoms with E-state index >= 15 is 0 Å². The summed E-state index contributed by atoms with van der Waals surface area (Å²) in [5, 5.41) is 10.9. The van der Waals surface area contributed by atoms with Gasteiger partial charge in [-0.05, 0) is 18.2 Å². The average Bonchev–Trinajstić information content (AvgIpc) is 3.06. The molecule has 0 spiro atoms. The van der Waals surface area contributed by atoms with Crippen LogP contribution >= 0.6 is 0 Å². The zero-order valence-electron chi connectivity index (χ0n) is 15.3. The number of hydrogen-bond acceptors (Lipinski definition) is 7. The summed E-state index contributed by atoms with van der Waals surface area (Å²) in [5.41, 5.74) is 1.05. The van der Waals surface area contributed by atoms with Gasteiger partial charge < -0.3 is 19.2 Å². The van der Waals surface area contributed by atoms with Crippen LogP contribution < -0.4 is 34.3 Å². The maximum absolute atomic E-state index is 12.7. The first-order valence-electron chi connectivity index (χ1n) is 7.60. The molecule has 1 aromatic heterocycles. The van der Waals surface area contributed by atoms with Crippen LogP contribution in [0.1, 0.15) is 0 Å². The van der Waals surface area contributed by atoms with Gasteiger partial charge in [-0.1, -0.05) is 0 Å². The van der Waals surface area contributed by atoms with Gasteiger partial charge in [0.15, 0.2) is 17.0 Å². The molecule has 1 radical (unpaired) electrons. The van der Waals surface area contributed by atoms with Crippen molar-refractivity contribution in [2.45, 2.75) is 11.8 Å². The molecule has 145 valence electrons. The number of fused-ring (bicyclic) bond motifs is 1. The Balaban J connectivity index is 0.00000280. The van der Waals surface area contributed by atoms with Gasteiger partial charge >= 0.3 is 36.2 Å². The molecular formula is C16H16F2N3NaO5S+. The molecule has 3 rings (SSSR count). The third-order valence-electron chi connectivity index (χ3n) is 3.69. The molecule has 0 fully saturated rings. The molecule has 0 saturated carbocycles. The van der Waals surface area contributed by atoms with E-state index in [4.69, 9.17) is 9.47 Å². The predicted molar refractivity (Wildman–Crippen MR) is 91.1 cm³/mol. The second-order valence-electron chi connectivity index (χ2n) is 5.30. The molecule has 0 aliphatic carbocycles. The molecule has 12 heteroatoms. The number of H-pyrrole nitrogens is 1. The van der Waals surface area contributed by atoms with Crippen LogP contribution in [-0.4, -0.2) is 51.0 Å². The van der Waals surface area contributed by atoms with Gasteiger partial charge in [0.1, 0.15) is 11.4 Å². The first-order valence-corrected chi connectivity index (χ1v) is 8.92. The zero-order valence-corrected chi connectivity index (χ0v) is 18.1. The molecule has 8 nitrogen and oxygen atoms in total. The van der Waals surface area contributed by atoms with E-state index in [0.29, 0.717) is 17.1 Å². The molecule has 1 aliphatic rings. The Hall–Kier alpha value is -1.50. The summed E-state index contributed by atoms with van der Waals surface area (Å²) in [6.07, 6.45) is 3.20. The first kappa shape index (κ1) is 22.8. The summed E-state index contributed by atoms with van der Waals surface area (Å²) < 4.78 is 52.1. The van der Waals surface area contributed by atoms with Crippen molar-refractivity contribution in [1.29, 1.82) is 0 Å². The van der Waals surface area contributed by atoms with E-state index in [9.17, 15) is 18.2 Å². The van der Waals surface area contributed by atoms with Crippen LogP contribution in [0.3, 0.4) is 0 Å². The number of rotatable bonds is 7.